The first-order chi connectivity index (χ1) is 17.6. The summed E-state index contributed by atoms with van der Waals surface area (Å²) in [5.74, 6) is -0.746. The lowest BCUT2D eigenvalue weighted by molar-refractivity contribution is -0.150. The molecule has 0 radical (unpaired) electrons. The molecule has 3 aliphatic rings. The number of nitrogens with one attached hydrogen (secondary N) is 1. The van der Waals surface area contributed by atoms with Crippen molar-refractivity contribution in [1.82, 2.24) is 15.1 Å². The van der Waals surface area contributed by atoms with E-state index in [1.165, 1.54) is 28.4 Å². The number of aliphatic carboxylic acids is 1. The monoisotopic (exact) mass is 582 g/mol. The summed E-state index contributed by atoms with van der Waals surface area (Å²) < 4.78 is 0. The fourth-order valence-electron chi connectivity index (χ4n) is 3.92. The number of halogens is 2. The van der Waals surface area contributed by atoms with Crippen LogP contribution in [0.25, 0.3) is 0 Å². The number of carboxylic acids is 1. The number of allylic oxidation sites excluding steroid dienone is 1. The van der Waals surface area contributed by atoms with E-state index in [-0.39, 0.29) is 17.4 Å². The summed E-state index contributed by atoms with van der Waals surface area (Å²) in [5, 5.41) is 13.0. The molecular formula is C23H24Cl2N6O4S2. The van der Waals surface area contributed by atoms with Gasteiger partial charge in [0.15, 0.2) is 0 Å². The predicted molar refractivity (Wildman–Crippen MR) is 146 cm³/mol. The van der Waals surface area contributed by atoms with Crippen molar-refractivity contribution < 1.29 is 19.5 Å². The van der Waals surface area contributed by atoms with Gasteiger partial charge in [0.2, 0.25) is 5.91 Å². The molecule has 196 valence electrons. The number of carbonyl (C=O) groups is 3. The van der Waals surface area contributed by atoms with Crippen molar-refractivity contribution in [2.24, 2.45) is 16.5 Å². The Kier molecular flexibility index (Phi) is 8.32. The van der Waals surface area contributed by atoms with Gasteiger partial charge in [0.1, 0.15) is 35.4 Å². The van der Waals surface area contributed by atoms with Crippen LogP contribution in [-0.2, 0) is 14.4 Å². The minimum Gasteiger partial charge on any atom is -0.477 e. The fraction of sp³-hybridized carbons (Fsp3) is 0.304. The smallest absolute Gasteiger partial charge is 0.352 e. The summed E-state index contributed by atoms with van der Waals surface area (Å²) in [6.07, 6.45) is 3.46. The van der Waals surface area contributed by atoms with Gasteiger partial charge in [0, 0.05) is 27.8 Å². The van der Waals surface area contributed by atoms with Gasteiger partial charge in [-0.3, -0.25) is 14.5 Å². The number of thioether (sulfide) groups is 2. The van der Waals surface area contributed by atoms with Gasteiger partial charge < -0.3 is 26.8 Å². The Morgan fingerprint density at radius 1 is 1.35 bits per heavy atom. The van der Waals surface area contributed by atoms with E-state index in [9.17, 15) is 19.5 Å². The van der Waals surface area contributed by atoms with Crippen molar-refractivity contribution in [3.05, 3.63) is 63.1 Å². The second kappa shape index (κ2) is 11.3. The predicted octanol–water partition coefficient (Wildman–Crippen LogP) is 2.20. The minimum atomic E-state index is -1.21. The molecule has 37 heavy (non-hydrogen) atoms. The average Bonchev–Trinajstić information content (AvgIpc) is 2.87. The molecule has 4 rings (SSSR count). The third-order valence-corrected chi connectivity index (χ3v) is 8.97. The van der Waals surface area contributed by atoms with Crippen LogP contribution in [0, 0.1) is 0 Å². The molecule has 0 aromatic heterocycles. The van der Waals surface area contributed by atoms with E-state index in [0.717, 1.165) is 0 Å². The highest BCUT2D eigenvalue weighted by molar-refractivity contribution is 8.00. The molecule has 1 saturated heterocycles. The molecule has 3 heterocycles. The molecule has 0 aliphatic carbocycles. The van der Waals surface area contributed by atoms with Crippen LogP contribution >= 0.6 is 46.7 Å². The largest absolute Gasteiger partial charge is 0.477 e. The molecule has 0 unspecified atom stereocenters. The zero-order valence-electron chi connectivity index (χ0n) is 19.6. The highest BCUT2D eigenvalue weighted by atomic mass is 35.5. The van der Waals surface area contributed by atoms with Gasteiger partial charge in [-0.25, -0.2) is 9.79 Å². The third kappa shape index (κ3) is 5.71. The number of rotatable bonds is 8. The van der Waals surface area contributed by atoms with E-state index in [1.807, 2.05) is 0 Å². The summed E-state index contributed by atoms with van der Waals surface area (Å²) >= 11 is 14.7. The second-order valence-corrected chi connectivity index (χ2v) is 11.3. The summed E-state index contributed by atoms with van der Waals surface area (Å²) in [7, 11) is 0. The summed E-state index contributed by atoms with van der Waals surface area (Å²) in [6.45, 7) is 2.48. The van der Waals surface area contributed by atoms with Crippen LogP contribution in [0.4, 0.5) is 0 Å². The van der Waals surface area contributed by atoms with E-state index < -0.39 is 23.3 Å². The standard InChI is InChI=1S/C23H24Cl2N6O4S2/c1-11-19(26)28-10-30(20(11)27)6-2-3-12-8-37-22-17(21(33)31(22)18(12)23(34)35)29-16(32)9-36-15-7-13(24)4-5-14(15)25/h2-5,7,17,22H,6,8-10,27H2,1H3,(H2,26,28)(H,29,32)(H,34,35)/b3-2+/t17-,22-/m1/s1. The maximum atomic E-state index is 12.9. The van der Waals surface area contributed by atoms with Gasteiger partial charge in [-0.05, 0) is 30.7 Å². The second-order valence-electron chi connectivity index (χ2n) is 8.32. The first kappa shape index (κ1) is 27.2. The first-order valence-electron chi connectivity index (χ1n) is 11.0. The lowest BCUT2D eigenvalue weighted by Crippen LogP contribution is -2.70. The Morgan fingerprint density at radius 2 is 2.11 bits per heavy atom. The van der Waals surface area contributed by atoms with Gasteiger partial charge in [-0.2, -0.15) is 0 Å². The van der Waals surface area contributed by atoms with E-state index in [4.69, 9.17) is 34.7 Å². The highest BCUT2D eigenvalue weighted by Gasteiger charge is 2.53. The van der Waals surface area contributed by atoms with Gasteiger partial charge >= 0.3 is 5.97 Å². The third-order valence-electron chi connectivity index (χ3n) is 5.93. The van der Waals surface area contributed by atoms with Gasteiger partial charge in [-0.15, -0.1) is 23.5 Å². The molecule has 0 bridgehead atoms. The summed E-state index contributed by atoms with van der Waals surface area (Å²) in [5.41, 5.74) is 13.0. The van der Waals surface area contributed by atoms with Crippen molar-refractivity contribution in [1.29, 1.82) is 0 Å². The Hall–Kier alpha value is -2.80. The quantitative estimate of drug-likeness (QED) is 0.266. The van der Waals surface area contributed by atoms with Crippen LogP contribution in [0.1, 0.15) is 6.92 Å². The molecular weight excluding hydrogens is 559 g/mol. The van der Waals surface area contributed by atoms with Crippen LogP contribution in [-0.4, -0.2) is 74.7 Å². The SMILES string of the molecule is CC1=C(N)N(C/C=C/C2=C(C(=O)O)N3C(=O)[C@@H](NC(=O)CSc4cc(Cl)ccc4Cl)[C@H]3SC2)CN=C1N. The van der Waals surface area contributed by atoms with Crippen molar-refractivity contribution in [2.45, 2.75) is 23.2 Å². The molecule has 1 aromatic rings. The first-order valence-corrected chi connectivity index (χ1v) is 13.8. The van der Waals surface area contributed by atoms with E-state index in [2.05, 4.69) is 10.3 Å². The zero-order valence-corrected chi connectivity index (χ0v) is 22.8. The van der Waals surface area contributed by atoms with E-state index in [1.54, 1.807) is 42.2 Å². The van der Waals surface area contributed by atoms with E-state index >= 15 is 0 Å². The number of amides is 2. The van der Waals surface area contributed by atoms with Crippen LogP contribution in [0.15, 0.2) is 62.9 Å². The summed E-state index contributed by atoms with van der Waals surface area (Å²) in [4.78, 5) is 45.3. The maximum Gasteiger partial charge on any atom is 0.352 e. The number of fused-ring (bicyclic) bond motifs is 1. The van der Waals surface area contributed by atoms with Crippen molar-refractivity contribution in [2.75, 3.05) is 24.7 Å². The number of benzene rings is 1. The highest BCUT2D eigenvalue weighted by Crippen LogP contribution is 2.41. The molecule has 0 saturated carbocycles. The molecule has 14 heteroatoms. The van der Waals surface area contributed by atoms with Crippen molar-refractivity contribution >= 4 is 70.3 Å². The lowest BCUT2D eigenvalue weighted by Gasteiger charge is -2.49. The molecule has 2 atom stereocenters. The number of aliphatic imine (C=N–C) groups is 1. The molecule has 10 nitrogen and oxygen atoms in total. The Balaban J connectivity index is 1.39. The summed E-state index contributed by atoms with van der Waals surface area (Å²) in [6, 6.07) is 4.15. The van der Waals surface area contributed by atoms with Crippen molar-refractivity contribution in [3.63, 3.8) is 0 Å². The Labute approximate surface area is 231 Å². The maximum absolute atomic E-state index is 12.9. The number of carbonyl (C=O) groups excluding carboxylic acids is 2. The topological polar surface area (TPSA) is 154 Å². The molecule has 6 N–H and O–H groups in total. The average molecular weight is 584 g/mol. The Bertz CT molecular complexity index is 1280. The lowest BCUT2D eigenvalue weighted by atomic mass is 10.0. The molecule has 3 aliphatic heterocycles. The van der Waals surface area contributed by atoms with E-state index in [0.29, 0.717) is 56.7 Å². The van der Waals surface area contributed by atoms with Gasteiger partial charge in [0.25, 0.3) is 5.91 Å². The minimum absolute atomic E-state index is 0.0279. The number of nitrogens with two attached hydrogens (primary N) is 2. The normalized spacial score (nSPS) is 21.7. The number of carboxylic acid groups (broad SMARTS) is 1. The number of amidine groups is 1. The number of β-lactam (4-membered cyclic amide) rings is 1. The van der Waals surface area contributed by atoms with Crippen LogP contribution in [0.2, 0.25) is 10.0 Å². The number of hydrogen-bond acceptors (Lipinski definition) is 9. The Morgan fingerprint density at radius 3 is 2.84 bits per heavy atom. The van der Waals surface area contributed by atoms with Gasteiger partial charge in [-0.1, -0.05) is 35.4 Å². The molecule has 0 spiro atoms. The molecule has 2 amide bonds. The van der Waals surface area contributed by atoms with Gasteiger partial charge in [0.05, 0.1) is 10.8 Å². The molecule has 1 aromatic carbocycles. The number of nitrogens with zero attached hydrogens (tertiary/aromatic N) is 3. The molecule has 1 fully saturated rings. The number of hydrogen-bond donors (Lipinski definition) is 4. The van der Waals surface area contributed by atoms with Crippen LogP contribution < -0.4 is 16.8 Å². The van der Waals surface area contributed by atoms with Crippen molar-refractivity contribution in [3.8, 4) is 0 Å². The van der Waals surface area contributed by atoms with Crippen LogP contribution in [0.3, 0.4) is 0 Å². The zero-order chi connectivity index (χ0) is 26.9. The fourth-order valence-corrected chi connectivity index (χ4v) is 6.54. The van der Waals surface area contributed by atoms with Crippen LogP contribution in [0.5, 0.6) is 0 Å².